The van der Waals surface area contributed by atoms with Gasteiger partial charge in [-0.15, -0.1) is 5.10 Å². The van der Waals surface area contributed by atoms with E-state index in [0.29, 0.717) is 17.1 Å². The van der Waals surface area contributed by atoms with Crippen molar-refractivity contribution in [2.75, 3.05) is 12.4 Å². The van der Waals surface area contributed by atoms with E-state index in [2.05, 4.69) is 20.4 Å². The van der Waals surface area contributed by atoms with Crippen molar-refractivity contribution in [3.05, 3.63) is 47.0 Å². The summed E-state index contributed by atoms with van der Waals surface area (Å²) in [7, 11) is 1.48. The van der Waals surface area contributed by atoms with Crippen LogP contribution < -0.4 is 10.1 Å². The highest BCUT2D eigenvalue weighted by Crippen LogP contribution is 2.26. The van der Waals surface area contributed by atoms with Crippen LogP contribution in [0.2, 0.25) is 0 Å². The predicted octanol–water partition coefficient (Wildman–Crippen LogP) is 2.94. The number of aryl methyl sites for hydroxylation is 2. The van der Waals surface area contributed by atoms with Gasteiger partial charge in [0.25, 0.3) is 18.1 Å². The van der Waals surface area contributed by atoms with Crippen molar-refractivity contribution in [2.24, 2.45) is 0 Å². The molecule has 9 heteroatoms. The zero-order chi connectivity index (χ0) is 18.1. The lowest BCUT2D eigenvalue weighted by atomic mass is 10.2. The van der Waals surface area contributed by atoms with E-state index in [4.69, 9.17) is 4.74 Å². The number of benzene rings is 1. The van der Waals surface area contributed by atoms with Crippen molar-refractivity contribution < 1.29 is 18.3 Å². The van der Waals surface area contributed by atoms with Gasteiger partial charge < -0.3 is 10.1 Å². The van der Waals surface area contributed by atoms with E-state index in [1.165, 1.54) is 13.2 Å². The summed E-state index contributed by atoms with van der Waals surface area (Å²) in [6.07, 6.45) is -2.77. The fourth-order valence-electron chi connectivity index (χ4n) is 2.36. The quantitative estimate of drug-likeness (QED) is 0.785. The number of alkyl halides is 2. The normalized spacial score (nSPS) is 11.1. The third-order valence-electron chi connectivity index (χ3n) is 3.50. The van der Waals surface area contributed by atoms with Crippen LogP contribution in [0.1, 0.15) is 34.0 Å². The number of hydrogen-bond acceptors (Lipinski definition) is 5. The van der Waals surface area contributed by atoms with E-state index < -0.39 is 12.3 Å². The smallest absolute Gasteiger partial charge is 0.295 e. The molecule has 0 aliphatic heterocycles. The zero-order valence-corrected chi connectivity index (χ0v) is 13.7. The lowest BCUT2D eigenvalue weighted by molar-refractivity contribution is 0.101. The van der Waals surface area contributed by atoms with Gasteiger partial charge in [0, 0.05) is 5.69 Å². The van der Waals surface area contributed by atoms with Crippen molar-refractivity contribution in [1.29, 1.82) is 0 Å². The highest BCUT2D eigenvalue weighted by atomic mass is 19.3. The summed E-state index contributed by atoms with van der Waals surface area (Å²) in [5, 5.41) is 6.48. The molecule has 2 aromatic heterocycles. The van der Waals surface area contributed by atoms with Crippen molar-refractivity contribution in [3.63, 3.8) is 0 Å². The van der Waals surface area contributed by atoms with Crippen molar-refractivity contribution in [1.82, 2.24) is 19.6 Å². The summed E-state index contributed by atoms with van der Waals surface area (Å²) in [5.41, 5.74) is 1.34. The second kappa shape index (κ2) is 6.42. The van der Waals surface area contributed by atoms with E-state index in [1.807, 2.05) is 13.0 Å². The molecule has 1 aromatic carbocycles. The van der Waals surface area contributed by atoms with Crippen molar-refractivity contribution in [3.8, 4) is 5.75 Å². The maximum Gasteiger partial charge on any atom is 0.295 e. The number of carbonyl (C=O) groups excluding carboxylic acids is 1. The molecule has 3 rings (SSSR count). The molecule has 0 unspecified atom stereocenters. The van der Waals surface area contributed by atoms with Crippen LogP contribution in [0.3, 0.4) is 0 Å². The molecule has 0 bridgehead atoms. The molecule has 1 N–H and O–H groups in total. The number of hydrogen-bond donors (Lipinski definition) is 1. The largest absolute Gasteiger partial charge is 0.495 e. The van der Waals surface area contributed by atoms with Crippen LogP contribution in [-0.2, 0) is 0 Å². The van der Waals surface area contributed by atoms with E-state index >= 15 is 0 Å². The number of carbonyl (C=O) groups is 1. The first-order valence-corrected chi connectivity index (χ1v) is 7.37. The molecule has 25 heavy (non-hydrogen) atoms. The summed E-state index contributed by atoms with van der Waals surface area (Å²) in [6.45, 7) is 3.43. The number of aromatic nitrogens is 4. The van der Waals surface area contributed by atoms with E-state index in [1.54, 1.807) is 19.1 Å². The Bertz CT molecular complexity index is 955. The third kappa shape index (κ3) is 3.25. The number of halogens is 2. The van der Waals surface area contributed by atoms with Gasteiger partial charge in [-0.2, -0.15) is 9.50 Å². The minimum atomic E-state index is -2.77. The van der Waals surface area contributed by atoms with Crippen LogP contribution >= 0.6 is 0 Å². The molecule has 130 valence electrons. The minimum absolute atomic E-state index is 0.0587. The summed E-state index contributed by atoms with van der Waals surface area (Å²) in [6, 6.07) is 6.47. The molecule has 0 fully saturated rings. The van der Waals surface area contributed by atoms with Gasteiger partial charge in [0.15, 0.2) is 0 Å². The number of ether oxygens (including phenoxy) is 1. The topological polar surface area (TPSA) is 81.4 Å². The van der Waals surface area contributed by atoms with Crippen LogP contribution in [0.15, 0.2) is 24.3 Å². The van der Waals surface area contributed by atoms with Gasteiger partial charge in [-0.05, 0) is 37.6 Å². The first-order chi connectivity index (χ1) is 11.9. The first kappa shape index (κ1) is 16.7. The Morgan fingerprint density at radius 2 is 2.00 bits per heavy atom. The van der Waals surface area contributed by atoms with Gasteiger partial charge in [-0.1, -0.05) is 6.07 Å². The molecule has 1 amide bonds. The predicted molar refractivity (Wildman–Crippen MR) is 86.2 cm³/mol. The van der Waals surface area contributed by atoms with Crippen LogP contribution in [0.4, 0.5) is 14.5 Å². The molecule has 3 aromatic rings. The lowest BCUT2D eigenvalue weighted by Gasteiger charge is -2.09. The molecular formula is C16H15F2N5O2. The SMILES string of the molecule is COc1ccc(C)cc1NC(=O)c1nc2nc(C)cc(C(F)F)n2n1. The summed E-state index contributed by atoms with van der Waals surface area (Å²) in [4.78, 5) is 20.4. The highest BCUT2D eigenvalue weighted by Gasteiger charge is 2.20. The number of amides is 1. The molecule has 0 saturated carbocycles. The van der Waals surface area contributed by atoms with Crippen LogP contribution in [0.25, 0.3) is 5.78 Å². The van der Waals surface area contributed by atoms with E-state index in [0.717, 1.165) is 10.1 Å². The molecule has 7 nitrogen and oxygen atoms in total. The number of fused-ring (bicyclic) bond motifs is 1. The number of methoxy groups -OCH3 is 1. The molecular weight excluding hydrogens is 332 g/mol. The second-order valence-electron chi connectivity index (χ2n) is 5.43. The van der Waals surface area contributed by atoms with E-state index in [9.17, 15) is 13.6 Å². The molecule has 0 saturated heterocycles. The fourth-order valence-corrected chi connectivity index (χ4v) is 2.36. The second-order valence-corrected chi connectivity index (χ2v) is 5.43. The Hall–Kier alpha value is -3.10. The van der Waals surface area contributed by atoms with Crippen LogP contribution in [0.5, 0.6) is 5.75 Å². The molecule has 0 aliphatic rings. The van der Waals surface area contributed by atoms with Gasteiger partial charge in [0.1, 0.15) is 11.4 Å². The summed E-state index contributed by atoms with van der Waals surface area (Å²) in [5.74, 6) is -0.502. The van der Waals surface area contributed by atoms with Gasteiger partial charge in [-0.25, -0.2) is 13.8 Å². The Morgan fingerprint density at radius 1 is 1.24 bits per heavy atom. The van der Waals surface area contributed by atoms with Crippen molar-refractivity contribution in [2.45, 2.75) is 20.3 Å². The number of nitrogens with one attached hydrogen (secondary N) is 1. The highest BCUT2D eigenvalue weighted by molar-refractivity contribution is 6.02. The standard InChI is InChI=1S/C16H15F2N5O2/c1-8-4-5-12(25-3)10(6-8)20-15(24)14-21-16-19-9(2)7-11(13(17)18)23(16)22-14/h4-7,13H,1-3H3,(H,20,24). The Kier molecular flexibility index (Phi) is 4.30. The maximum atomic E-state index is 13.1. The third-order valence-corrected chi connectivity index (χ3v) is 3.50. The lowest BCUT2D eigenvalue weighted by Crippen LogP contribution is -2.15. The first-order valence-electron chi connectivity index (χ1n) is 7.37. The Labute approximate surface area is 141 Å². The average Bonchev–Trinajstić information content (AvgIpc) is 2.98. The van der Waals surface area contributed by atoms with Gasteiger partial charge in [0.2, 0.25) is 5.82 Å². The Balaban J connectivity index is 1.98. The maximum absolute atomic E-state index is 13.1. The van der Waals surface area contributed by atoms with Gasteiger partial charge in [-0.3, -0.25) is 4.79 Å². The Morgan fingerprint density at radius 3 is 2.68 bits per heavy atom. The van der Waals surface area contributed by atoms with Crippen LogP contribution in [0, 0.1) is 13.8 Å². The number of nitrogens with zero attached hydrogens (tertiary/aromatic N) is 4. The van der Waals surface area contributed by atoms with Gasteiger partial charge >= 0.3 is 0 Å². The number of rotatable bonds is 4. The van der Waals surface area contributed by atoms with E-state index in [-0.39, 0.29) is 17.3 Å². The number of anilines is 1. The van der Waals surface area contributed by atoms with Crippen LogP contribution in [-0.4, -0.2) is 32.6 Å². The minimum Gasteiger partial charge on any atom is -0.495 e. The van der Waals surface area contributed by atoms with Crippen molar-refractivity contribution >= 4 is 17.4 Å². The summed E-state index contributed by atoms with van der Waals surface area (Å²) >= 11 is 0. The molecule has 0 radical (unpaired) electrons. The average molecular weight is 347 g/mol. The monoisotopic (exact) mass is 347 g/mol. The molecule has 0 aliphatic carbocycles. The molecule has 0 atom stereocenters. The van der Waals surface area contributed by atoms with Gasteiger partial charge in [0.05, 0.1) is 12.8 Å². The molecule has 0 spiro atoms. The molecule has 2 heterocycles. The zero-order valence-electron chi connectivity index (χ0n) is 13.7. The summed E-state index contributed by atoms with van der Waals surface area (Å²) < 4.78 is 32.4. The fraction of sp³-hybridized carbons (Fsp3) is 0.250.